The van der Waals surface area contributed by atoms with Crippen molar-refractivity contribution < 1.29 is 9.84 Å². The Morgan fingerprint density at radius 1 is 1.14 bits per heavy atom. The van der Waals surface area contributed by atoms with Crippen LogP contribution in [-0.4, -0.2) is 52.8 Å². The zero-order valence-corrected chi connectivity index (χ0v) is 17.2. The summed E-state index contributed by atoms with van der Waals surface area (Å²) >= 11 is 1.81. The third-order valence-corrected chi connectivity index (χ3v) is 6.91. The summed E-state index contributed by atoms with van der Waals surface area (Å²) < 4.78 is 5.46. The SMILES string of the molecule is O[C@H](CNc1nc(CN2CCOCC2)nc2sc3c(c12)CCC3)c1ccccc1. The molecule has 0 saturated carbocycles. The molecule has 2 aromatic heterocycles. The Labute approximate surface area is 174 Å². The molecule has 0 amide bonds. The maximum Gasteiger partial charge on any atom is 0.146 e. The van der Waals surface area contributed by atoms with E-state index in [1.807, 2.05) is 41.7 Å². The van der Waals surface area contributed by atoms with E-state index in [-0.39, 0.29) is 0 Å². The minimum Gasteiger partial charge on any atom is -0.387 e. The molecular formula is C22H26N4O2S. The maximum atomic E-state index is 10.6. The minimum absolute atomic E-state index is 0.428. The Bertz CT molecular complexity index is 985. The smallest absolute Gasteiger partial charge is 0.146 e. The third kappa shape index (κ3) is 4.00. The highest BCUT2D eigenvalue weighted by Crippen LogP contribution is 2.39. The first kappa shape index (κ1) is 18.9. The number of ether oxygens (including phenoxy) is 1. The molecule has 5 rings (SSSR count). The molecule has 1 saturated heterocycles. The van der Waals surface area contributed by atoms with E-state index in [2.05, 4.69) is 10.2 Å². The molecule has 0 bridgehead atoms. The molecule has 0 radical (unpaired) electrons. The summed E-state index contributed by atoms with van der Waals surface area (Å²) in [6, 6.07) is 9.77. The van der Waals surface area contributed by atoms with Crippen molar-refractivity contribution in [1.29, 1.82) is 0 Å². The predicted octanol–water partition coefficient (Wildman–Crippen LogP) is 3.16. The van der Waals surface area contributed by atoms with E-state index < -0.39 is 6.10 Å². The van der Waals surface area contributed by atoms with Crippen LogP contribution in [0.15, 0.2) is 30.3 Å². The van der Waals surface area contributed by atoms with Crippen LogP contribution in [0.5, 0.6) is 0 Å². The van der Waals surface area contributed by atoms with Crippen molar-refractivity contribution >= 4 is 27.4 Å². The van der Waals surface area contributed by atoms with Crippen LogP contribution in [0, 0.1) is 0 Å². The number of aliphatic hydroxyl groups is 1. The van der Waals surface area contributed by atoms with Crippen molar-refractivity contribution in [2.24, 2.45) is 0 Å². The van der Waals surface area contributed by atoms with Crippen LogP contribution >= 0.6 is 11.3 Å². The van der Waals surface area contributed by atoms with E-state index in [0.717, 1.165) is 73.1 Å². The summed E-state index contributed by atoms with van der Waals surface area (Å²) in [6.45, 7) is 4.53. The number of aryl methyl sites for hydroxylation is 2. The normalized spacial score (nSPS) is 18.1. The van der Waals surface area contributed by atoms with Crippen LogP contribution in [0.4, 0.5) is 5.82 Å². The van der Waals surface area contributed by atoms with Crippen molar-refractivity contribution in [2.45, 2.75) is 31.9 Å². The fraction of sp³-hybridized carbons (Fsp3) is 0.455. The van der Waals surface area contributed by atoms with Crippen LogP contribution in [0.25, 0.3) is 10.2 Å². The average molecular weight is 411 g/mol. The minimum atomic E-state index is -0.574. The third-order valence-electron chi connectivity index (χ3n) is 5.73. The lowest BCUT2D eigenvalue weighted by molar-refractivity contribution is 0.0331. The average Bonchev–Trinajstić information content (AvgIpc) is 3.34. The Morgan fingerprint density at radius 3 is 2.79 bits per heavy atom. The highest BCUT2D eigenvalue weighted by Gasteiger charge is 2.23. The fourth-order valence-electron chi connectivity index (χ4n) is 4.18. The number of fused-ring (bicyclic) bond motifs is 3. The number of aliphatic hydroxyl groups excluding tert-OH is 1. The molecule has 0 spiro atoms. The van der Waals surface area contributed by atoms with Crippen molar-refractivity contribution in [2.75, 3.05) is 38.2 Å². The van der Waals surface area contributed by atoms with Gasteiger partial charge in [-0.15, -0.1) is 11.3 Å². The van der Waals surface area contributed by atoms with Gasteiger partial charge >= 0.3 is 0 Å². The van der Waals surface area contributed by atoms with Crippen LogP contribution in [-0.2, 0) is 24.1 Å². The first-order chi connectivity index (χ1) is 14.3. The molecule has 1 aromatic carbocycles. The van der Waals surface area contributed by atoms with Crippen molar-refractivity contribution in [3.05, 3.63) is 52.2 Å². The lowest BCUT2D eigenvalue weighted by atomic mass is 10.1. The summed E-state index contributed by atoms with van der Waals surface area (Å²) in [7, 11) is 0. The van der Waals surface area contributed by atoms with E-state index in [9.17, 15) is 5.11 Å². The zero-order chi connectivity index (χ0) is 19.6. The molecule has 2 aliphatic rings. The zero-order valence-electron chi connectivity index (χ0n) is 16.4. The van der Waals surface area contributed by atoms with Gasteiger partial charge in [-0.2, -0.15) is 0 Å². The van der Waals surface area contributed by atoms with Gasteiger partial charge in [0.15, 0.2) is 0 Å². The first-order valence-corrected chi connectivity index (χ1v) is 11.2. The molecular weight excluding hydrogens is 384 g/mol. The number of aromatic nitrogens is 2. The largest absolute Gasteiger partial charge is 0.387 e. The second-order valence-corrected chi connectivity index (χ2v) is 8.81. The number of nitrogens with one attached hydrogen (secondary N) is 1. The standard InChI is InChI=1S/C22H26N4O2S/c27-17(15-5-2-1-3-6-15)13-23-21-20-16-7-4-8-18(16)29-22(20)25-19(24-21)14-26-9-11-28-12-10-26/h1-3,5-6,17,27H,4,7-14H2,(H,23,24,25)/t17-/m1/s1. The summed E-state index contributed by atoms with van der Waals surface area (Å²) in [5.74, 6) is 1.71. The molecule has 1 atom stereocenters. The molecule has 29 heavy (non-hydrogen) atoms. The van der Waals surface area contributed by atoms with Gasteiger partial charge in [0.05, 0.1) is 31.2 Å². The van der Waals surface area contributed by atoms with E-state index in [1.165, 1.54) is 16.9 Å². The van der Waals surface area contributed by atoms with Crippen LogP contribution in [0.3, 0.4) is 0 Å². The highest BCUT2D eigenvalue weighted by molar-refractivity contribution is 7.19. The van der Waals surface area contributed by atoms with Gasteiger partial charge < -0.3 is 15.2 Å². The molecule has 2 N–H and O–H groups in total. The molecule has 1 fully saturated rings. The summed E-state index contributed by atoms with van der Waals surface area (Å²) in [6.07, 6.45) is 2.87. The lowest BCUT2D eigenvalue weighted by Gasteiger charge is -2.26. The van der Waals surface area contributed by atoms with Crippen LogP contribution in [0.1, 0.15) is 34.4 Å². The Hall–Kier alpha value is -2.06. The summed E-state index contributed by atoms with van der Waals surface area (Å²) in [5, 5.41) is 15.2. The first-order valence-electron chi connectivity index (χ1n) is 10.4. The van der Waals surface area contributed by atoms with Gasteiger partial charge in [0.25, 0.3) is 0 Å². The predicted molar refractivity (Wildman–Crippen MR) is 115 cm³/mol. The van der Waals surface area contributed by atoms with Gasteiger partial charge in [0, 0.05) is 24.5 Å². The quantitative estimate of drug-likeness (QED) is 0.651. The highest BCUT2D eigenvalue weighted by atomic mass is 32.1. The van der Waals surface area contributed by atoms with Crippen molar-refractivity contribution in [1.82, 2.24) is 14.9 Å². The molecule has 1 aliphatic carbocycles. The number of hydrogen-bond acceptors (Lipinski definition) is 7. The summed E-state index contributed by atoms with van der Waals surface area (Å²) in [4.78, 5) is 14.7. The maximum absolute atomic E-state index is 10.6. The summed E-state index contributed by atoms with van der Waals surface area (Å²) in [5.41, 5.74) is 2.31. The van der Waals surface area contributed by atoms with Gasteiger partial charge in [-0.05, 0) is 30.4 Å². The van der Waals surface area contributed by atoms with Crippen molar-refractivity contribution in [3.63, 3.8) is 0 Å². The number of nitrogens with zero attached hydrogens (tertiary/aromatic N) is 3. The number of thiophene rings is 1. The molecule has 152 valence electrons. The second kappa shape index (κ2) is 8.36. The van der Waals surface area contributed by atoms with Gasteiger partial charge in [-0.25, -0.2) is 9.97 Å². The topological polar surface area (TPSA) is 70.5 Å². The number of rotatable bonds is 6. The number of benzene rings is 1. The molecule has 3 aromatic rings. The second-order valence-electron chi connectivity index (χ2n) is 7.72. The Kier molecular flexibility index (Phi) is 5.46. The van der Waals surface area contributed by atoms with E-state index in [1.54, 1.807) is 0 Å². The molecule has 1 aliphatic heterocycles. The van der Waals surface area contributed by atoms with Gasteiger partial charge in [-0.1, -0.05) is 30.3 Å². The van der Waals surface area contributed by atoms with E-state index in [4.69, 9.17) is 14.7 Å². The lowest BCUT2D eigenvalue weighted by Crippen LogP contribution is -2.36. The van der Waals surface area contributed by atoms with Gasteiger partial charge in [-0.3, -0.25) is 4.90 Å². The Balaban J connectivity index is 1.43. The number of anilines is 1. The molecule has 6 nitrogen and oxygen atoms in total. The monoisotopic (exact) mass is 410 g/mol. The number of morpholine rings is 1. The van der Waals surface area contributed by atoms with E-state index >= 15 is 0 Å². The van der Waals surface area contributed by atoms with E-state index in [0.29, 0.717) is 6.54 Å². The molecule has 0 unspecified atom stereocenters. The Morgan fingerprint density at radius 2 is 1.97 bits per heavy atom. The van der Waals surface area contributed by atoms with Crippen molar-refractivity contribution in [3.8, 4) is 0 Å². The number of hydrogen-bond donors (Lipinski definition) is 2. The molecule has 3 heterocycles. The van der Waals surface area contributed by atoms with Crippen LogP contribution < -0.4 is 5.32 Å². The van der Waals surface area contributed by atoms with Gasteiger partial charge in [0.2, 0.25) is 0 Å². The fourth-order valence-corrected chi connectivity index (χ4v) is 5.46. The van der Waals surface area contributed by atoms with Crippen LogP contribution in [0.2, 0.25) is 0 Å². The molecule has 7 heteroatoms. The van der Waals surface area contributed by atoms with Gasteiger partial charge in [0.1, 0.15) is 16.5 Å².